The van der Waals surface area contributed by atoms with Gasteiger partial charge >= 0.3 is 0 Å². The lowest BCUT2D eigenvalue weighted by Crippen LogP contribution is -2.13. The number of nitrogens with one attached hydrogen (secondary N) is 1. The molecule has 1 heterocycles. The molecule has 1 saturated carbocycles. The van der Waals surface area contributed by atoms with Crippen LogP contribution in [0.5, 0.6) is 0 Å². The number of hydrogen-bond donors (Lipinski definition) is 1. The molecule has 2 fully saturated rings. The molecular formula is C13H23N. The molecule has 14 heavy (non-hydrogen) atoms. The van der Waals surface area contributed by atoms with E-state index < -0.39 is 0 Å². The fraction of sp³-hybridized carbons (Fsp3) is 0.846. The lowest BCUT2D eigenvalue weighted by atomic mass is 9.87. The highest BCUT2D eigenvalue weighted by molar-refractivity contribution is 5.06. The van der Waals surface area contributed by atoms with Crippen LogP contribution in [-0.2, 0) is 0 Å². The molecule has 0 aromatic carbocycles. The van der Waals surface area contributed by atoms with Crippen molar-refractivity contribution in [3.63, 3.8) is 0 Å². The van der Waals surface area contributed by atoms with Gasteiger partial charge in [0.25, 0.3) is 0 Å². The Bertz CT molecular complexity index is 179. The number of allylic oxidation sites excluding steroid dienone is 1. The molecule has 1 saturated heterocycles. The monoisotopic (exact) mass is 193 g/mol. The predicted octanol–water partition coefficient (Wildman–Crippen LogP) is 3.27. The van der Waals surface area contributed by atoms with E-state index in [4.69, 9.17) is 0 Å². The lowest BCUT2D eigenvalue weighted by molar-refractivity contribution is 0.416. The predicted molar refractivity (Wildman–Crippen MR) is 61.4 cm³/mol. The van der Waals surface area contributed by atoms with Gasteiger partial charge in [0.15, 0.2) is 0 Å². The van der Waals surface area contributed by atoms with Crippen molar-refractivity contribution in [3.05, 3.63) is 11.6 Å². The summed E-state index contributed by atoms with van der Waals surface area (Å²) >= 11 is 0. The summed E-state index contributed by atoms with van der Waals surface area (Å²) in [5.74, 6) is 0.928. The average Bonchev–Trinajstić information content (AvgIpc) is 2.48. The molecule has 0 bridgehead atoms. The summed E-state index contributed by atoms with van der Waals surface area (Å²) in [4.78, 5) is 0. The van der Waals surface area contributed by atoms with Crippen LogP contribution in [0.3, 0.4) is 0 Å². The summed E-state index contributed by atoms with van der Waals surface area (Å²) in [5.41, 5.74) is 1.74. The first-order valence-corrected chi connectivity index (χ1v) is 6.35. The Hall–Kier alpha value is -0.300. The topological polar surface area (TPSA) is 12.0 Å². The van der Waals surface area contributed by atoms with Crippen LogP contribution < -0.4 is 5.32 Å². The maximum absolute atomic E-state index is 3.47. The van der Waals surface area contributed by atoms with Crippen LogP contribution in [0.15, 0.2) is 11.6 Å². The van der Waals surface area contributed by atoms with Crippen LogP contribution >= 0.6 is 0 Å². The van der Waals surface area contributed by atoms with Gasteiger partial charge in [-0.25, -0.2) is 0 Å². The standard InChI is InChI=1S/C13H23N/c1-2-5-12(6-3-1)11-13-7-4-9-14-10-8-13/h11-12,14H,1-10H2. The summed E-state index contributed by atoms with van der Waals surface area (Å²) < 4.78 is 0. The zero-order chi connectivity index (χ0) is 9.64. The van der Waals surface area contributed by atoms with Gasteiger partial charge in [-0.2, -0.15) is 0 Å². The van der Waals surface area contributed by atoms with Crippen molar-refractivity contribution in [2.75, 3.05) is 13.1 Å². The first kappa shape index (κ1) is 10.2. The van der Waals surface area contributed by atoms with Crippen molar-refractivity contribution in [2.45, 2.75) is 51.4 Å². The first-order chi connectivity index (χ1) is 6.95. The molecule has 0 aromatic rings. The van der Waals surface area contributed by atoms with Gasteiger partial charge in [-0.05, 0) is 51.1 Å². The molecule has 2 aliphatic rings. The molecule has 0 spiro atoms. The van der Waals surface area contributed by atoms with Crippen LogP contribution in [-0.4, -0.2) is 13.1 Å². The van der Waals surface area contributed by atoms with E-state index in [9.17, 15) is 0 Å². The van der Waals surface area contributed by atoms with E-state index >= 15 is 0 Å². The third-order valence-corrected chi connectivity index (χ3v) is 3.60. The van der Waals surface area contributed by atoms with Crippen LogP contribution in [0.1, 0.15) is 51.4 Å². The normalized spacial score (nSPS) is 29.0. The van der Waals surface area contributed by atoms with E-state index in [0.29, 0.717) is 0 Å². The van der Waals surface area contributed by atoms with Crippen LogP contribution in [0.4, 0.5) is 0 Å². The maximum Gasteiger partial charge on any atom is -0.00116 e. The van der Waals surface area contributed by atoms with Gasteiger partial charge in [0, 0.05) is 0 Å². The van der Waals surface area contributed by atoms with E-state index in [2.05, 4.69) is 11.4 Å². The van der Waals surface area contributed by atoms with Gasteiger partial charge in [-0.15, -0.1) is 0 Å². The third-order valence-electron chi connectivity index (χ3n) is 3.60. The van der Waals surface area contributed by atoms with Gasteiger partial charge in [0.2, 0.25) is 0 Å². The van der Waals surface area contributed by atoms with Crippen LogP contribution in [0.2, 0.25) is 0 Å². The average molecular weight is 193 g/mol. The SMILES string of the molecule is C(=C1CCCNCC1)C1CCCCC1. The van der Waals surface area contributed by atoms with Crippen LogP contribution in [0, 0.1) is 5.92 Å². The van der Waals surface area contributed by atoms with Crippen molar-refractivity contribution in [1.29, 1.82) is 0 Å². The molecule has 80 valence electrons. The minimum Gasteiger partial charge on any atom is -0.316 e. The summed E-state index contributed by atoms with van der Waals surface area (Å²) in [6, 6.07) is 0. The van der Waals surface area contributed by atoms with Gasteiger partial charge in [0.05, 0.1) is 0 Å². The molecule has 1 aliphatic heterocycles. The van der Waals surface area contributed by atoms with E-state index in [1.807, 2.05) is 0 Å². The molecule has 0 atom stereocenters. The summed E-state index contributed by atoms with van der Waals surface area (Å²) in [7, 11) is 0. The van der Waals surface area contributed by atoms with Crippen LogP contribution in [0.25, 0.3) is 0 Å². The minimum atomic E-state index is 0.928. The number of rotatable bonds is 1. The smallest absolute Gasteiger partial charge is 0.00116 e. The molecule has 2 rings (SSSR count). The van der Waals surface area contributed by atoms with Crippen molar-refractivity contribution in [1.82, 2.24) is 5.32 Å². The molecular weight excluding hydrogens is 170 g/mol. The van der Waals surface area contributed by atoms with Crippen molar-refractivity contribution in [2.24, 2.45) is 5.92 Å². The Kier molecular flexibility index (Phi) is 4.05. The Balaban J connectivity index is 1.86. The molecule has 1 aliphatic carbocycles. The van der Waals surface area contributed by atoms with Gasteiger partial charge in [0.1, 0.15) is 0 Å². The highest BCUT2D eigenvalue weighted by Crippen LogP contribution is 2.27. The molecule has 0 amide bonds. The van der Waals surface area contributed by atoms with E-state index in [1.54, 1.807) is 5.57 Å². The van der Waals surface area contributed by atoms with Crippen molar-refractivity contribution in [3.8, 4) is 0 Å². The first-order valence-electron chi connectivity index (χ1n) is 6.35. The van der Waals surface area contributed by atoms with Gasteiger partial charge < -0.3 is 5.32 Å². The maximum atomic E-state index is 3.47. The highest BCUT2D eigenvalue weighted by atomic mass is 14.8. The van der Waals surface area contributed by atoms with E-state index in [0.717, 1.165) is 5.92 Å². The molecule has 0 radical (unpaired) electrons. The zero-order valence-electron chi connectivity index (χ0n) is 9.23. The number of hydrogen-bond acceptors (Lipinski definition) is 1. The summed E-state index contributed by atoms with van der Waals surface area (Å²) in [6.07, 6.45) is 13.9. The second-order valence-electron chi connectivity index (χ2n) is 4.83. The van der Waals surface area contributed by atoms with Gasteiger partial charge in [-0.1, -0.05) is 30.9 Å². The second kappa shape index (κ2) is 5.55. The van der Waals surface area contributed by atoms with Crippen molar-refractivity contribution >= 4 is 0 Å². The second-order valence-corrected chi connectivity index (χ2v) is 4.83. The molecule has 1 nitrogen and oxygen atoms in total. The van der Waals surface area contributed by atoms with Gasteiger partial charge in [-0.3, -0.25) is 0 Å². The third kappa shape index (κ3) is 3.13. The quantitative estimate of drug-likeness (QED) is 0.630. The Morgan fingerprint density at radius 1 is 0.929 bits per heavy atom. The Morgan fingerprint density at radius 2 is 1.79 bits per heavy atom. The lowest BCUT2D eigenvalue weighted by Gasteiger charge is -2.19. The van der Waals surface area contributed by atoms with Crippen molar-refractivity contribution < 1.29 is 0 Å². The summed E-state index contributed by atoms with van der Waals surface area (Å²) in [6.45, 7) is 2.43. The molecule has 1 N–H and O–H groups in total. The molecule has 0 aromatic heterocycles. The minimum absolute atomic E-state index is 0.928. The van der Waals surface area contributed by atoms with E-state index in [1.165, 1.54) is 64.5 Å². The Labute approximate surface area is 88.0 Å². The zero-order valence-corrected chi connectivity index (χ0v) is 9.23. The highest BCUT2D eigenvalue weighted by Gasteiger charge is 2.12. The fourth-order valence-corrected chi connectivity index (χ4v) is 2.74. The largest absolute Gasteiger partial charge is 0.316 e. The fourth-order valence-electron chi connectivity index (χ4n) is 2.74. The molecule has 0 unspecified atom stereocenters. The summed E-state index contributed by atoms with van der Waals surface area (Å²) in [5, 5.41) is 3.47. The van der Waals surface area contributed by atoms with E-state index in [-0.39, 0.29) is 0 Å². The molecule has 1 heteroatoms. The Morgan fingerprint density at radius 3 is 2.64 bits per heavy atom.